The number of hydrogen-bond acceptors (Lipinski definition) is 5. The molecule has 1 saturated heterocycles. The zero-order valence-corrected chi connectivity index (χ0v) is 17.9. The van der Waals surface area contributed by atoms with Crippen molar-refractivity contribution < 1.29 is 14.0 Å². The summed E-state index contributed by atoms with van der Waals surface area (Å²) >= 11 is 7.70. The zero-order valence-electron chi connectivity index (χ0n) is 16.4. The summed E-state index contributed by atoms with van der Waals surface area (Å²) < 4.78 is 13.3. The zero-order chi connectivity index (χ0) is 21.0. The van der Waals surface area contributed by atoms with Gasteiger partial charge in [0, 0.05) is 36.0 Å². The van der Waals surface area contributed by atoms with Gasteiger partial charge in [-0.1, -0.05) is 31.5 Å². The first-order valence-electron chi connectivity index (χ1n) is 9.50. The number of hydrogen-bond donors (Lipinski definition) is 2. The molecule has 0 spiro atoms. The fraction of sp³-hybridized carbons (Fsp3) is 0.450. The molecule has 0 bridgehead atoms. The van der Waals surface area contributed by atoms with Crippen molar-refractivity contribution in [2.45, 2.75) is 45.3 Å². The third kappa shape index (κ3) is 5.74. The number of nitrogens with zero attached hydrogens (tertiary/aromatic N) is 2. The second-order valence-corrected chi connectivity index (χ2v) is 8.62. The lowest BCUT2D eigenvalue weighted by Crippen LogP contribution is -2.56. The summed E-state index contributed by atoms with van der Waals surface area (Å²) in [7, 11) is 0. The Balaban J connectivity index is 1.60. The van der Waals surface area contributed by atoms with Gasteiger partial charge in [-0.25, -0.2) is 9.37 Å². The summed E-state index contributed by atoms with van der Waals surface area (Å²) in [5.74, 6) is -0.474. The quantitative estimate of drug-likeness (QED) is 0.696. The van der Waals surface area contributed by atoms with Crippen LogP contribution in [0.5, 0.6) is 0 Å². The fourth-order valence-corrected chi connectivity index (χ4v) is 4.21. The summed E-state index contributed by atoms with van der Waals surface area (Å²) in [5.41, 5.74) is 1.53. The largest absolute Gasteiger partial charge is 0.353 e. The van der Waals surface area contributed by atoms with Crippen molar-refractivity contribution in [3.05, 3.63) is 50.7 Å². The number of halogens is 2. The molecule has 156 valence electrons. The number of rotatable bonds is 7. The number of nitrogens with one attached hydrogen (secondary N) is 2. The number of aromatic nitrogens is 1. The summed E-state index contributed by atoms with van der Waals surface area (Å²) in [6, 6.07) is 3.59. The van der Waals surface area contributed by atoms with E-state index in [4.69, 9.17) is 11.6 Å². The van der Waals surface area contributed by atoms with Gasteiger partial charge < -0.3 is 10.6 Å². The van der Waals surface area contributed by atoms with Crippen LogP contribution in [-0.2, 0) is 22.7 Å². The van der Waals surface area contributed by atoms with E-state index in [1.807, 2.05) is 10.3 Å². The minimum Gasteiger partial charge on any atom is -0.353 e. The highest BCUT2D eigenvalue weighted by atomic mass is 35.5. The number of piperazine rings is 1. The monoisotopic (exact) mass is 438 g/mol. The molecule has 3 rings (SSSR count). The summed E-state index contributed by atoms with van der Waals surface area (Å²) in [5, 5.41) is 8.92. The highest BCUT2D eigenvalue weighted by Crippen LogP contribution is 2.22. The first-order valence-corrected chi connectivity index (χ1v) is 10.8. The van der Waals surface area contributed by atoms with Crippen LogP contribution in [0, 0.1) is 5.82 Å². The van der Waals surface area contributed by atoms with Crippen molar-refractivity contribution in [2.75, 3.05) is 13.1 Å². The number of carbonyl (C=O) groups excluding carboxylic acids is 2. The Kier molecular flexibility index (Phi) is 7.21. The maximum atomic E-state index is 13.3. The molecule has 1 atom stereocenters. The molecule has 2 aromatic rings. The predicted octanol–water partition coefficient (Wildman–Crippen LogP) is 3.07. The van der Waals surface area contributed by atoms with E-state index < -0.39 is 11.9 Å². The molecule has 1 fully saturated rings. The van der Waals surface area contributed by atoms with Crippen LogP contribution < -0.4 is 10.6 Å². The molecule has 1 aromatic carbocycles. The smallest absolute Gasteiger partial charge is 0.237 e. The maximum absolute atomic E-state index is 13.3. The van der Waals surface area contributed by atoms with Crippen LogP contribution in [0.25, 0.3) is 0 Å². The number of benzene rings is 1. The number of amides is 2. The Morgan fingerprint density at radius 2 is 2.28 bits per heavy atom. The molecular weight excluding hydrogens is 415 g/mol. The van der Waals surface area contributed by atoms with Gasteiger partial charge in [0.1, 0.15) is 5.82 Å². The third-order valence-corrected chi connectivity index (χ3v) is 6.29. The standard InChI is InChI=1S/C20H24ClFN4O2S/c1-12(2)20-25-15(11-29-20)9-24-18(27)8-17-19(28)23-5-6-26(17)10-13-3-4-14(22)7-16(13)21/h3-4,7,11-12,17H,5-6,8-10H2,1-2H3,(H,23,28)(H,24,27). The predicted molar refractivity (Wildman–Crippen MR) is 111 cm³/mol. The van der Waals surface area contributed by atoms with Gasteiger partial charge in [0.2, 0.25) is 11.8 Å². The minimum atomic E-state index is -0.605. The molecule has 9 heteroatoms. The van der Waals surface area contributed by atoms with E-state index in [9.17, 15) is 14.0 Å². The second-order valence-electron chi connectivity index (χ2n) is 7.33. The average molecular weight is 439 g/mol. The van der Waals surface area contributed by atoms with Crippen LogP contribution in [0.2, 0.25) is 5.02 Å². The van der Waals surface area contributed by atoms with Gasteiger partial charge >= 0.3 is 0 Å². The molecule has 0 radical (unpaired) electrons. The van der Waals surface area contributed by atoms with Gasteiger partial charge in [-0.05, 0) is 17.7 Å². The lowest BCUT2D eigenvalue weighted by molar-refractivity contribution is -0.134. The molecule has 1 aliphatic rings. The van der Waals surface area contributed by atoms with Crippen molar-refractivity contribution in [1.82, 2.24) is 20.5 Å². The first kappa shape index (κ1) is 21.7. The highest BCUT2D eigenvalue weighted by molar-refractivity contribution is 7.09. The van der Waals surface area contributed by atoms with Gasteiger partial charge in [-0.2, -0.15) is 0 Å². The Morgan fingerprint density at radius 3 is 2.97 bits per heavy atom. The third-order valence-electron chi connectivity index (χ3n) is 4.74. The Morgan fingerprint density at radius 1 is 1.48 bits per heavy atom. The second kappa shape index (κ2) is 9.65. The average Bonchev–Trinajstić information content (AvgIpc) is 3.14. The van der Waals surface area contributed by atoms with Crippen molar-refractivity contribution in [3.63, 3.8) is 0 Å². The number of carbonyl (C=O) groups is 2. The summed E-state index contributed by atoms with van der Waals surface area (Å²) in [6.07, 6.45) is 0.0336. The molecular formula is C20H24ClFN4O2S. The van der Waals surface area contributed by atoms with E-state index in [1.54, 1.807) is 17.4 Å². The van der Waals surface area contributed by atoms with Crippen LogP contribution in [0.4, 0.5) is 4.39 Å². The van der Waals surface area contributed by atoms with Crippen LogP contribution in [0.3, 0.4) is 0 Å². The van der Waals surface area contributed by atoms with Crippen LogP contribution >= 0.6 is 22.9 Å². The van der Waals surface area contributed by atoms with E-state index >= 15 is 0 Å². The van der Waals surface area contributed by atoms with Gasteiger partial charge in [-0.3, -0.25) is 14.5 Å². The molecule has 1 aliphatic heterocycles. The first-order chi connectivity index (χ1) is 13.8. The molecule has 29 heavy (non-hydrogen) atoms. The summed E-state index contributed by atoms with van der Waals surface area (Å²) in [4.78, 5) is 31.2. The van der Waals surface area contributed by atoms with Gasteiger partial charge in [0.05, 0.1) is 29.7 Å². The molecule has 2 amide bonds. The normalized spacial score (nSPS) is 17.4. The fourth-order valence-electron chi connectivity index (χ4n) is 3.15. The molecule has 0 saturated carbocycles. The van der Waals surface area contributed by atoms with Gasteiger partial charge in [0.25, 0.3) is 0 Å². The van der Waals surface area contributed by atoms with E-state index in [2.05, 4.69) is 29.5 Å². The molecule has 0 aliphatic carbocycles. The van der Waals surface area contributed by atoms with Crippen molar-refractivity contribution >= 4 is 34.8 Å². The molecule has 2 heterocycles. The van der Waals surface area contributed by atoms with Crippen LogP contribution in [-0.4, -0.2) is 40.8 Å². The SMILES string of the molecule is CC(C)c1nc(CNC(=O)CC2C(=O)NCCN2Cc2ccc(F)cc2Cl)cs1. The molecule has 6 nitrogen and oxygen atoms in total. The minimum absolute atomic E-state index is 0.0336. The lowest BCUT2D eigenvalue weighted by Gasteiger charge is -2.34. The molecule has 1 aromatic heterocycles. The lowest BCUT2D eigenvalue weighted by atomic mass is 10.1. The van der Waals surface area contributed by atoms with Crippen molar-refractivity contribution in [2.24, 2.45) is 0 Å². The highest BCUT2D eigenvalue weighted by Gasteiger charge is 2.32. The maximum Gasteiger partial charge on any atom is 0.237 e. The van der Waals surface area contributed by atoms with Crippen molar-refractivity contribution in [3.8, 4) is 0 Å². The molecule has 1 unspecified atom stereocenters. The van der Waals surface area contributed by atoms with Gasteiger partial charge in [0.15, 0.2) is 0 Å². The Labute approximate surface area is 178 Å². The van der Waals surface area contributed by atoms with Crippen LogP contribution in [0.15, 0.2) is 23.6 Å². The van der Waals surface area contributed by atoms with E-state index in [-0.39, 0.29) is 18.2 Å². The van der Waals surface area contributed by atoms with Gasteiger partial charge in [-0.15, -0.1) is 11.3 Å². The van der Waals surface area contributed by atoms with Crippen LogP contribution in [0.1, 0.15) is 42.5 Å². The summed E-state index contributed by atoms with van der Waals surface area (Å²) in [6.45, 7) is 5.93. The molecule has 2 N–H and O–H groups in total. The Hall–Kier alpha value is -2.03. The topological polar surface area (TPSA) is 74.3 Å². The van der Waals surface area contributed by atoms with E-state index in [0.717, 1.165) is 16.3 Å². The number of thiazole rings is 1. The Bertz CT molecular complexity index is 889. The van der Waals surface area contributed by atoms with E-state index in [1.165, 1.54) is 12.1 Å². The van der Waals surface area contributed by atoms with E-state index in [0.29, 0.717) is 37.1 Å². The van der Waals surface area contributed by atoms with Crippen molar-refractivity contribution in [1.29, 1.82) is 0 Å².